The number of nitrogens with one attached hydrogen (secondary N) is 1. The summed E-state index contributed by atoms with van der Waals surface area (Å²) in [5, 5.41) is 4.49. The van der Waals surface area contributed by atoms with Crippen LogP contribution in [0, 0.1) is 11.8 Å². The molecule has 114 valence electrons. The van der Waals surface area contributed by atoms with E-state index in [1.165, 1.54) is 25.7 Å². The summed E-state index contributed by atoms with van der Waals surface area (Å²) in [6.45, 7) is 8.14. The van der Waals surface area contributed by atoms with Crippen LogP contribution < -0.4 is 5.32 Å². The van der Waals surface area contributed by atoms with E-state index in [0.29, 0.717) is 6.04 Å². The maximum absolute atomic E-state index is 5.47. The second-order valence-electron chi connectivity index (χ2n) is 6.31. The number of rotatable bonds is 7. The minimum Gasteiger partial charge on any atom is -0.468 e. The molecule has 1 saturated carbocycles. The van der Waals surface area contributed by atoms with Crippen molar-refractivity contribution in [3.8, 4) is 0 Å². The third-order valence-electron chi connectivity index (χ3n) is 4.45. The molecule has 3 atom stereocenters. The van der Waals surface area contributed by atoms with Crippen LogP contribution >= 0.6 is 11.8 Å². The van der Waals surface area contributed by atoms with Gasteiger partial charge in [-0.25, -0.2) is 0 Å². The van der Waals surface area contributed by atoms with E-state index in [9.17, 15) is 0 Å². The topological polar surface area (TPSA) is 25.2 Å². The van der Waals surface area contributed by atoms with Gasteiger partial charge in [0.05, 0.1) is 12.0 Å². The fourth-order valence-corrected chi connectivity index (χ4v) is 4.49. The highest BCUT2D eigenvalue weighted by Gasteiger charge is 2.31. The average Bonchev–Trinajstić information content (AvgIpc) is 2.96. The summed E-state index contributed by atoms with van der Waals surface area (Å²) < 4.78 is 5.47. The van der Waals surface area contributed by atoms with Crippen molar-refractivity contribution in [2.24, 2.45) is 11.8 Å². The quantitative estimate of drug-likeness (QED) is 0.789. The van der Waals surface area contributed by atoms with E-state index >= 15 is 0 Å². The lowest BCUT2D eigenvalue weighted by atomic mass is 9.79. The number of thioether (sulfide) groups is 1. The third-order valence-corrected chi connectivity index (χ3v) is 5.85. The molecule has 1 fully saturated rings. The maximum atomic E-state index is 5.47. The monoisotopic (exact) mass is 295 g/mol. The minimum atomic E-state index is 0.685. The third kappa shape index (κ3) is 4.56. The Balaban J connectivity index is 1.90. The van der Waals surface area contributed by atoms with Gasteiger partial charge in [-0.05, 0) is 56.2 Å². The van der Waals surface area contributed by atoms with E-state index in [-0.39, 0.29) is 0 Å². The molecule has 0 saturated heterocycles. The van der Waals surface area contributed by atoms with E-state index in [2.05, 4.69) is 43.9 Å². The Morgan fingerprint density at radius 2 is 2.25 bits per heavy atom. The van der Waals surface area contributed by atoms with Crippen molar-refractivity contribution < 1.29 is 4.42 Å². The lowest BCUT2D eigenvalue weighted by Gasteiger charge is -2.38. The fraction of sp³-hybridized carbons (Fsp3) is 0.765. The van der Waals surface area contributed by atoms with E-state index in [4.69, 9.17) is 4.42 Å². The molecule has 1 aromatic rings. The van der Waals surface area contributed by atoms with Crippen molar-refractivity contribution >= 4 is 11.8 Å². The molecule has 1 aliphatic rings. The summed E-state index contributed by atoms with van der Waals surface area (Å²) in [5.74, 6) is 3.82. The Bertz CT molecular complexity index is 363. The summed E-state index contributed by atoms with van der Waals surface area (Å²) >= 11 is 2.08. The van der Waals surface area contributed by atoms with Gasteiger partial charge in [0.1, 0.15) is 5.76 Å². The maximum Gasteiger partial charge on any atom is 0.113 e. The molecule has 0 spiro atoms. The van der Waals surface area contributed by atoms with Crippen molar-refractivity contribution in [2.75, 3.05) is 6.54 Å². The van der Waals surface area contributed by atoms with Crippen LogP contribution in [-0.2, 0) is 5.75 Å². The molecule has 1 aliphatic carbocycles. The summed E-state index contributed by atoms with van der Waals surface area (Å²) in [4.78, 5) is 0. The Hall–Kier alpha value is -0.410. The van der Waals surface area contributed by atoms with Gasteiger partial charge in [0.15, 0.2) is 0 Å². The van der Waals surface area contributed by atoms with Crippen LogP contribution in [0.4, 0.5) is 0 Å². The standard InChI is InChI=1S/C17H29NOS/c1-4-9-18-16-8-7-14(13(2)3)11-17(16)20-12-15-6-5-10-19-15/h5-6,10,13-14,16-18H,4,7-9,11-12H2,1-3H3. The van der Waals surface area contributed by atoms with E-state index in [1.807, 2.05) is 6.07 Å². The van der Waals surface area contributed by atoms with Crippen LogP contribution in [0.2, 0.25) is 0 Å². The predicted octanol–water partition coefficient (Wildman–Crippen LogP) is 4.71. The van der Waals surface area contributed by atoms with Crippen LogP contribution in [0.5, 0.6) is 0 Å². The molecule has 1 aromatic heterocycles. The predicted molar refractivity (Wildman–Crippen MR) is 88.1 cm³/mol. The largest absolute Gasteiger partial charge is 0.468 e. The average molecular weight is 295 g/mol. The molecule has 2 rings (SSSR count). The van der Waals surface area contributed by atoms with Gasteiger partial charge in [0.25, 0.3) is 0 Å². The van der Waals surface area contributed by atoms with Crippen LogP contribution in [0.1, 0.15) is 52.2 Å². The summed E-state index contributed by atoms with van der Waals surface area (Å²) in [7, 11) is 0. The molecule has 0 aromatic carbocycles. The Morgan fingerprint density at radius 3 is 2.90 bits per heavy atom. The molecule has 0 aliphatic heterocycles. The number of furan rings is 1. The van der Waals surface area contributed by atoms with Gasteiger partial charge >= 0.3 is 0 Å². The summed E-state index contributed by atoms with van der Waals surface area (Å²) in [6, 6.07) is 4.76. The molecule has 20 heavy (non-hydrogen) atoms. The molecular formula is C17H29NOS. The molecule has 1 N–H and O–H groups in total. The number of hydrogen-bond donors (Lipinski definition) is 1. The molecule has 0 bridgehead atoms. The molecule has 3 heteroatoms. The second kappa shape index (κ2) is 8.14. The molecule has 2 nitrogen and oxygen atoms in total. The van der Waals surface area contributed by atoms with Gasteiger partial charge in [0, 0.05) is 11.3 Å². The second-order valence-corrected chi connectivity index (χ2v) is 7.53. The molecular weight excluding hydrogens is 266 g/mol. The lowest BCUT2D eigenvalue weighted by Crippen LogP contribution is -2.43. The van der Waals surface area contributed by atoms with Gasteiger partial charge in [-0.3, -0.25) is 0 Å². The SMILES string of the molecule is CCCNC1CCC(C(C)C)CC1SCc1ccco1. The van der Waals surface area contributed by atoms with E-state index < -0.39 is 0 Å². The zero-order valence-corrected chi connectivity index (χ0v) is 13.9. The minimum absolute atomic E-state index is 0.685. The van der Waals surface area contributed by atoms with Gasteiger partial charge in [-0.1, -0.05) is 20.8 Å². The first-order valence-corrected chi connectivity index (χ1v) is 9.13. The summed E-state index contributed by atoms with van der Waals surface area (Å²) in [5.41, 5.74) is 0. The first kappa shape index (κ1) is 16.0. The first-order valence-electron chi connectivity index (χ1n) is 8.08. The van der Waals surface area contributed by atoms with E-state index in [0.717, 1.165) is 35.1 Å². The van der Waals surface area contributed by atoms with E-state index in [1.54, 1.807) is 6.26 Å². The first-order chi connectivity index (χ1) is 9.70. The van der Waals surface area contributed by atoms with Gasteiger partial charge in [0.2, 0.25) is 0 Å². The Kier molecular flexibility index (Phi) is 6.50. The molecule has 3 unspecified atom stereocenters. The normalized spacial score (nSPS) is 27.1. The fourth-order valence-electron chi connectivity index (χ4n) is 3.10. The Labute approximate surface area is 128 Å². The van der Waals surface area contributed by atoms with Crippen molar-refractivity contribution in [1.29, 1.82) is 0 Å². The highest BCUT2D eigenvalue weighted by molar-refractivity contribution is 7.99. The smallest absolute Gasteiger partial charge is 0.113 e. The van der Waals surface area contributed by atoms with Crippen LogP contribution in [0.3, 0.4) is 0 Å². The van der Waals surface area contributed by atoms with Crippen molar-refractivity contribution in [2.45, 2.75) is 63.5 Å². The zero-order chi connectivity index (χ0) is 14.4. The van der Waals surface area contributed by atoms with Crippen LogP contribution in [0.25, 0.3) is 0 Å². The van der Waals surface area contributed by atoms with Crippen LogP contribution in [-0.4, -0.2) is 17.8 Å². The summed E-state index contributed by atoms with van der Waals surface area (Å²) in [6.07, 6.45) is 7.07. The number of hydrogen-bond acceptors (Lipinski definition) is 3. The van der Waals surface area contributed by atoms with Crippen molar-refractivity contribution in [3.63, 3.8) is 0 Å². The lowest BCUT2D eigenvalue weighted by molar-refractivity contribution is 0.246. The highest BCUT2D eigenvalue weighted by Crippen LogP contribution is 2.37. The molecule has 0 radical (unpaired) electrons. The molecule has 1 heterocycles. The van der Waals surface area contributed by atoms with Crippen LogP contribution in [0.15, 0.2) is 22.8 Å². The van der Waals surface area contributed by atoms with Gasteiger partial charge in [-0.2, -0.15) is 0 Å². The Morgan fingerprint density at radius 1 is 1.40 bits per heavy atom. The van der Waals surface area contributed by atoms with Gasteiger partial charge in [-0.15, -0.1) is 11.8 Å². The van der Waals surface area contributed by atoms with Crippen molar-refractivity contribution in [3.05, 3.63) is 24.2 Å². The molecule has 0 amide bonds. The van der Waals surface area contributed by atoms with Crippen molar-refractivity contribution in [1.82, 2.24) is 5.32 Å². The zero-order valence-electron chi connectivity index (χ0n) is 13.1. The van der Waals surface area contributed by atoms with Gasteiger partial charge < -0.3 is 9.73 Å². The highest BCUT2D eigenvalue weighted by atomic mass is 32.2.